The number of hydrogen-bond donors (Lipinski definition) is 1. The molecular formula is C14H19NO2. The number of fused-ring (bicyclic) bond motifs is 1. The van der Waals surface area contributed by atoms with Crippen LogP contribution in [0.2, 0.25) is 0 Å². The molecule has 3 heteroatoms. The van der Waals surface area contributed by atoms with E-state index in [0.717, 1.165) is 23.6 Å². The van der Waals surface area contributed by atoms with Crippen LogP contribution < -0.4 is 14.8 Å². The molecule has 1 heterocycles. The first-order chi connectivity index (χ1) is 8.20. The summed E-state index contributed by atoms with van der Waals surface area (Å²) in [7, 11) is 0. The van der Waals surface area contributed by atoms with Gasteiger partial charge in [0.1, 0.15) is 0 Å². The predicted octanol–water partition coefficient (Wildman–Crippen LogP) is 2.82. The molecule has 1 N–H and O–H groups in total. The fourth-order valence-electron chi connectivity index (χ4n) is 1.86. The molecule has 1 aromatic carbocycles. The van der Waals surface area contributed by atoms with Gasteiger partial charge >= 0.3 is 0 Å². The van der Waals surface area contributed by atoms with Gasteiger partial charge in [-0.3, -0.25) is 0 Å². The Kier molecular flexibility index (Phi) is 3.69. The smallest absolute Gasteiger partial charge is 0.231 e. The van der Waals surface area contributed by atoms with Crippen LogP contribution >= 0.6 is 0 Å². The highest BCUT2D eigenvalue weighted by Crippen LogP contribution is 2.33. The monoisotopic (exact) mass is 233 g/mol. The largest absolute Gasteiger partial charge is 0.454 e. The van der Waals surface area contributed by atoms with E-state index >= 15 is 0 Å². The SMILES string of the molecule is CCNC(C)/C(C)=C/c1ccc2c(c1)OCO2. The normalized spacial score (nSPS) is 16.1. The van der Waals surface area contributed by atoms with Crippen molar-refractivity contribution in [3.63, 3.8) is 0 Å². The van der Waals surface area contributed by atoms with Crippen LogP contribution in [0.5, 0.6) is 11.5 Å². The van der Waals surface area contributed by atoms with Crippen molar-refractivity contribution in [2.24, 2.45) is 0 Å². The second-order valence-corrected chi connectivity index (χ2v) is 4.28. The zero-order chi connectivity index (χ0) is 12.3. The van der Waals surface area contributed by atoms with Gasteiger partial charge < -0.3 is 14.8 Å². The summed E-state index contributed by atoms with van der Waals surface area (Å²) in [4.78, 5) is 0. The Morgan fingerprint density at radius 1 is 1.41 bits per heavy atom. The molecule has 0 aliphatic carbocycles. The fraction of sp³-hybridized carbons (Fsp3) is 0.429. The topological polar surface area (TPSA) is 30.5 Å². The molecule has 1 aromatic rings. The van der Waals surface area contributed by atoms with Crippen molar-refractivity contribution in [2.45, 2.75) is 26.8 Å². The van der Waals surface area contributed by atoms with Gasteiger partial charge in [0, 0.05) is 6.04 Å². The molecule has 0 fully saturated rings. The lowest BCUT2D eigenvalue weighted by molar-refractivity contribution is 0.174. The minimum Gasteiger partial charge on any atom is -0.454 e. The molecule has 0 aromatic heterocycles. The number of benzene rings is 1. The Morgan fingerprint density at radius 3 is 2.94 bits per heavy atom. The second-order valence-electron chi connectivity index (χ2n) is 4.28. The quantitative estimate of drug-likeness (QED) is 0.867. The van der Waals surface area contributed by atoms with Crippen molar-refractivity contribution in [3.8, 4) is 11.5 Å². The van der Waals surface area contributed by atoms with Crippen molar-refractivity contribution in [1.82, 2.24) is 5.32 Å². The van der Waals surface area contributed by atoms with Gasteiger partial charge in [-0.1, -0.05) is 24.6 Å². The van der Waals surface area contributed by atoms with Gasteiger partial charge in [0.15, 0.2) is 11.5 Å². The van der Waals surface area contributed by atoms with E-state index in [0.29, 0.717) is 12.8 Å². The molecule has 0 saturated heterocycles. The van der Waals surface area contributed by atoms with Gasteiger partial charge in [-0.25, -0.2) is 0 Å². The average Bonchev–Trinajstić information content (AvgIpc) is 2.76. The summed E-state index contributed by atoms with van der Waals surface area (Å²) in [5, 5.41) is 3.39. The van der Waals surface area contributed by atoms with Gasteiger partial charge in [-0.2, -0.15) is 0 Å². The maximum Gasteiger partial charge on any atom is 0.231 e. The number of likely N-dealkylation sites (N-methyl/N-ethyl adjacent to an activating group) is 1. The molecule has 0 amide bonds. The van der Waals surface area contributed by atoms with Gasteiger partial charge in [0.05, 0.1) is 0 Å². The predicted molar refractivity (Wildman–Crippen MR) is 69.4 cm³/mol. The molecule has 0 radical (unpaired) electrons. The van der Waals surface area contributed by atoms with Crippen LogP contribution in [-0.2, 0) is 0 Å². The summed E-state index contributed by atoms with van der Waals surface area (Å²) in [6.45, 7) is 7.73. The third-order valence-corrected chi connectivity index (χ3v) is 2.98. The zero-order valence-electron chi connectivity index (χ0n) is 10.6. The Bertz CT molecular complexity index is 426. The summed E-state index contributed by atoms with van der Waals surface area (Å²) >= 11 is 0. The molecule has 0 bridgehead atoms. The van der Waals surface area contributed by atoms with E-state index in [1.165, 1.54) is 5.57 Å². The molecule has 92 valence electrons. The maximum absolute atomic E-state index is 5.36. The van der Waals surface area contributed by atoms with Crippen LogP contribution in [0.15, 0.2) is 23.8 Å². The lowest BCUT2D eigenvalue weighted by Crippen LogP contribution is -2.26. The minimum absolute atomic E-state index is 0.329. The highest BCUT2D eigenvalue weighted by atomic mass is 16.7. The van der Waals surface area contributed by atoms with Crippen LogP contribution in [-0.4, -0.2) is 19.4 Å². The van der Waals surface area contributed by atoms with Crippen LogP contribution in [0.3, 0.4) is 0 Å². The van der Waals surface area contributed by atoms with Gasteiger partial charge in [-0.15, -0.1) is 0 Å². The summed E-state index contributed by atoms with van der Waals surface area (Å²) < 4.78 is 10.7. The number of nitrogens with one attached hydrogen (secondary N) is 1. The molecule has 0 spiro atoms. The van der Waals surface area contributed by atoms with Gasteiger partial charge in [-0.05, 0) is 38.1 Å². The van der Waals surface area contributed by atoms with Crippen molar-refractivity contribution in [3.05, 3.63) is 29.3 Å². The van der Waals surface area contributed by atoms with Crippen molar-refractivity contribution < 1.29 is 9.47 Å². The Balaban J connectivity index is 2.15. The van der Waals surface area contributed by atoms with E-state index in [4.69, 9.17) is 9.47 Å². The zero-order valence-corrected chi connectivity index (χ0v) is 10.6. The van der Waals surface area contributed by atoms with E-state index < -0.39 is 0 Å². The van der Waals surface area contributed by atoms with E-state index in [9.17, 15) is 0 Å². The van der Waals surface area contributed by atoms with Gasteiger partial charge in [0.2, 0.25) is 6.79 Å². The average molecular weight is 233 g/mol. The molecule has 3 nitrogen and oxygen atoms in total. The first kappa shape index (κ1) is 12.0. The van der Waals surface area contributed by atoms with Crippen LogP contribution in [0.1, 0.15) is 26.3 Å². The molecule has 1 aliphatic heterocycles. The number of rotatable bonds is 4. The molecule has 1 atom stereocenters. The summed E-state index contributed by atoms with van der Waals surface area (Å²) in [6.07, 6.45) is 2.18. The molecule has 17 heavy (non-hydrogen) atoms. The maximum atomic E-state index is 5.36. The summed E-state index contributed by atoms with van der Waals surface area (Å²) in [5.74, 6) is 1.67. The van der Waals surface area contributed by atoms with E-state index in [-0.39, 0.29) is 0 Å². The molecule has 2 rings (SSSR count). The summed E-state index contributed by atoms with van der Waals surface area (Å²) in [5.41, 5.74) is 2.46. The van der Waals surface area contributed by atoms with E-state index in [1.54, 1.807) is 0 Å². The number of ether oxygens (including phenoxy) is 2. The molecule has 1 aliphatic rings. The number of hydrogen-bond acceptors (Lipinski definition) is 3. The first-order valence-corrected chi connectivity index (χ1v) is 6.02. The van der Waals surface area contributed by atoms with E-state index in [2.05, 4.69) is 38.2 Å². The van der Waals surface area contributed by atoms with Crippen LogP contribution in [0.25, 0.3) is 6.08 Å². The Labute approximate surface area is 102 Å². The third kappa shape index (κ3) is 2.80. The minimum atomic E-state index is 0.329. The van der Waals surface area contributed by atoms with Gasteiger partial charge in [0.25, 0.3) is 0 Å². The molecular weight excluding hydrogens is 214 g/mol. The first-order valence-electron chi connectivity index (χ1n) is 6.02. The highest BCUT2D eigenvalue weighted by molar-refractivity contribution is 5.59. The molecule has 1 unspecified atom stereocenters. The third-order valence-electron chi connectivity index (χ3n) is 2.98. The Hall–Kier alpha value is -1.48. The Morgan fingerprint density at radius 2 is 2.18 bits per heavy atom. The van der Waals surface area contributed by atoms with Crippen molar-refractivity contribution in [2.75, 3.05) is 13.3 Å². The lowest BCUT2D eigenvalue weighted by Gasteiger charge is -2.13. The van der Waals surface area contributed by atoms with Crippen molar-refractivity contribution in [1.29, 1.82) is 0 Å². The highest BCUT2D eigenvalue weighted by Gasteiger charge is 2.12. The van der Waals surface area contributed by atoms with Crippen LogP contribution in [0.4, 0.5) is 0 Å². The molecule has 0 saturated carbocycles. The lowest BCUT2D eigenvalue weighted by atomic mass is 10.1. The van der Waals surface area contributed by atoms with Crippen LogP contribution in [0, 0.1) is 0 Å². The fourth-order valence-corrected chi connectivity index (χ4v) is 1.86. The van der Waals surface area contributed by atoms with E-state index in [1.807, 2.05) is 12.1 Å². The summed E-state index contributed by atoms with van der Waals surface area (Å²) in [6, 6.07) is 6.42. The second kappa shape index (κ2) is 5.23. The van der Waals surface area contributed by atoms with Crippen molar-refractivity contribution >= 4 is 6.08 Å². The standard InChI is InChI=1S/C14H19NO2/c1-4-15-11(3)10(2)7-12-5-6-13-14(8-12)17-9-16-13/h5-8,11,15H,4,9H2,1-3H3/b10-7+.